The van der Waals surface area contributed by atoms with Gasteiger partial charge in [0.25, 0.3) is 0 Å². The van der Waals surface area contributed by atoms with Crippen LogP contribution in [0.4, 0.5) is 0 Å². The molecule has 0 aliphatic heterocycles. The molecule has 0 saturated carbocycles. The average molecular weight is 189 g/mol. The van der Waals surface area contributed by atoms with Gasteiger partial charge in [-0.2, -0.15) is 0 Å². The molecule has 2 aromatic rings. The molecule has 2 aromatic heterocycles. The fourth-order valence-corrected chi connectivity index (χ4v) is 1.66. The maximum atomic E-state index is 5.75. The van der Waals surface area contributed by atoms with E-state index >= 15 is 0 Å². The van der Waals surface area contributed by atoms with E-state index in [4.69, 9.17) is 5.73 Å². The largest absolute Gasteiger partial charge is 0.328 e. The highest BCUT2D eigenvalue weighted by molar-refractivity contribution is 5.41. The number of aromatic nitrogens is 2. The standard InChI is InChI=1S/C11H15N3/c1-8(12)5-10-3-4-11-13-9(2)6-14(11)7-10/h3-4,6-8H,5,12H2,1-2H3. The zero-order valence-corrected chi connectivity index (χ0v) is 8.57. The number of aryl methyl sites for hydroxylation is 1. The fraction of sp³-hybridized carbons (Fsp3) is 0.364. The van der Waals surface area contributed by atoms with Crippen molar-refractivity contribution < 1.29 is 0 Å². The van der Waals surface area contributed by atoms with Crippen molar-refractivity contribution >= 4 is 5.65 Å². The van der Waals surface area contributed by atoms with Crippen LogP contribution in [0.15, 0.2) is 24.5 Å². The molecule has 0 spiro atoms. The molecule has 0 aliphatic carbocycles. The minimum Gasteiger partial charge on any atom is -0.328 e. The highest BCUT2D eigenvalue weighted by Gasteiger charge is 2.01. The van der Waals surface area contributed by atoms with Gasteiger partial charge in [0.2, 0.25) is 0 Å². The van der Waals surface area contributed by atoms with Crippen LogP contribution in [-0.2, 0) is 6.42 Å². The molecule has 3 nitrogen and oxygen atoms in total. The van der Waals surface area contributed by atoms with Crippen LogP contribution in [0, 0.1) is 6.92 Å². The average Bonchev–Trinajstić information content (AvgIpc) is 2.42. The van der Waals surface area contributed by atoms with E-state index in [-0.39, 0.29) is 6.04 Å². The van der Waals surface area contributed by atoms with Crippen LogP contribution < -0.4 is 5.73 Å². The molecule has 0 aromatic carbocycles. The van der Waals surface area contributed by atoms with Crippen LogP contribution in [0.3, 0.4) is 0 Å². The van der Waals surface area contributed by atoms with Crippen LogP contribution >= 0.6 is 0 Å². The van der Waals surface area contributed by atoms with Gasteiger partial charge < -0.3 is 10.1 Å². The highest BCUT2D eigenvalue weighted by Crippen LogP contribution is 2.08. The lowest BCUT2D eigenvalue weighted by Crippen LogP contribution is -2.17. The summed E-state index contributed by atoms with van der Waals surface area (Å²) in [6, 6.07) is 4.33. The topological polar surface area (TPSA) is 43.3 Å². The maximum absolute atomic E-state index is 5.75. The van der Waals surface area contributed by atoms with E-state index in [0.717, 1.165) is 17.8 Å². The van der Waals surface area contributed by atoms with Gasteiger partial charge in [-0.05, 0) is 31.9 Å². The number of rotatable bonds is 2. The molecule has 14 heavy (non-hydrogen) atoms. The smallest absolute Gasteiger partial charge is 0.136 e. The van der Waals surface area contributed by atoms with Gasteiger partial charge in [-0.25, -0.2) is 4.98 Å². The van der Waals surface area contributed by atoms with E-state index in [9.17, 15) is 0 Å². The predicted octanol–water partition coefficient (Wildman–Crippen LogP) is 1.53. The highest BCUT2D eigenvalue weighted by atomic mass is 15.0. The van der Waals surface area contributed by atoms with Crippen molar-refractivity contribution in [2.45, 2.75) is 26.3 Å². The van der Waals surface area contributed by atoms with Crippen molar-refractivity contribution in [2.24, 2.45) is 5.73 Å². The summed E-state index contributed by atoms with van der Waals surface area (Å²) in [5, 5.41) is 0. The van der Waals surface area contributed by atoms with Crippen LogP contribution in [0.2, 0.25) is 0 Å². The first-order valence-corrected chi connectivity index (χ1v) is 4.85. The van der Waals surface area contributed by atoms with E-state index in [0.29, 0.717) is 0 Å². The van der Waals surface area contributed by atoms with Gasteiger partial charge in [0.15, 0.2) is 0 Å². The Morgan fingerprint density at radius 1 is 1.43 bits per heavy atom. The molecule has 0 amide bonds. The molecule has 1 unspecified atom stereocenters. The summed E-state index contributed by atoms with van der Waals surface area (Å²) >= 11 is 0. The van der Waals surface area contributed by atoms with Crippen molar-refractivity contribution in [2.75, 3.05) is 0 Å². The summed E-state index contributed by atoms with van der Waals surface area (Å²) in [6.45, 7) is 4.02. The third kappa shape index (κ3) is 1.77. The fourth-order valence-electron chi connectivity index (χ4n) is 1.66. The van der Waals surface area contributed by atoms with E-state index in [1.54, 1.807) is 0 Å². The molecule has 2 rings (SSSR count). The molecule has 3 heteroatoms. The number of nitrogens with zero attached hydrogens (tertiary/aromatic N) is 2. The van der Waals surface area contributed by atoms with Crippen LogP contribution in [0.25, 0.3) is 5.65 Å². The lowest BCUT2D eigenvalue weighted by atomic mass is 10.1. The van der Waals surface area contributed by atoms with E-state index in [1.165, 1.54) is 5.56 Å². The Balaban J connectivity index is 2.40. The second-order valence-corrected chi connectivity index (χ2v) is 3.87. The van der Waals surface area contributed by atoms with Crippen LogP contribution in [0.5, 0.6) is 0 Å². The Hall–Kier alpha value is -1.35. The Labute approximate surface area is 83.6 Å². The van der Waals surface area contributed by atoms with Gasteiger partial charge >= 0.3 is 0 Å². The third-order valence-electron chi connectivity index (χ3n) is 2.19. The molecule has 0 saturated heterocycles. The molecule has 0 radical (unpaired) electrons. The normalized spacial score (nSPS) is 13.4. The summed E-state index contributed by atoms with van der Waals surface area (Å²) in [5.41, 5.74) is 9.04. The Morgan fingerprint density at radius 2 is 2.21 bits per heavy atom. The molecule has 1 atom stereocenters. The van der Waals surface area contributed by atoms with Crippen LogP contribution in [-0.4, -0.2) is 15.4 Å². The minimum atomic E-state index is 0.206. The first-order chi connectivity index (χ1) is 6.65. The predicted molar refractivity (Wildman–Crippen MR) is 57.3 cm³/mol. The first-order valence-electron chi connectivity index (χ1n) is 4.85. The number of hydrogen-bond donors (Lipinski definition) is 1. The van der Waals surface area contributed by atoms with Gasteiger partial charge in [-0.15, -0.1) is 0 Å². The van der Waals surface area contributed by atoms with Crippen molar-refractivity contribution in [3.8, 4) is 0 Å². The molecule has 0 fully saturated rings. The number of pyridine rings is 1. The summed E-state index contributed by atoms with van der Waals surface area (Å²) in [6.07, 6.45) is 5.03. The van der Waals surface area contributed by atoms with E-state index < -0.39 is 0 Å². The minimum absolute atomic E-state index is 0.206. The monoisotopic (exact) mass is 189 g/mol. The van der Waals surface area contributed by atoms with E-state index in [1.807, 2.05) is 30.5 Å². The van der Waals surface area contributed by atoms with Gasteiger partial charge in [-0.1, -0.05) is 6.07 Å². The third-order valence-corrected chi connectivity index (χ3v) is 2.19. The number of fused-ring (bicyclic) bond motifs is 1. The van der Waals surface area contributed by atoms with Crippen molar-refractivity contribution in [1.29, 1.82) is 0 Å². The molecule has 2 heterocycles. The number of hydrogen-bond acceptors (Lipinski definition) is 2. The lowest BCUT2D eigenvalue weighted by molar-refractivity contribution is 0.734. The number of imidazole rings is 1. The van der Waals surface area contributed by atoms with Gasteiger partial charge in [0, 0.05) is 18.4 Å². The second-order valence-electron chi connectivity index (χ2n) is 3.87. The molecule has 0 aliphatic rings. The Kier molecular flexibility index (Phi) is 2.25. The van der Waals surface area contributed by atoms with Gasteiger partial charge in [-0.3, -0.25) is 0 Å². The molecule has 74 valence electrons. The van der Waals surface area contributed by atoms with Crippen molar-refractivity contribution in [3.63, 3.8) is 0 Å². The zero-order chi connectivity index (χ0) is 10.1. The lowest BCUT2D eigenvalue weighted by Gasteiger charge is -2.05. The molecular weight excluding hydrogens is 174 g/mol. The SMILES string of the molecule is Cc1cn2cc(CC(C)N)ccc2n1. The zero-order valence-electron chi connectivity index (χ0n) is 8.57. The van der Waals surface area contributed by atoms with Gasteiger partial charge in [0.1, 0.15) is 5.65 Å². The van der Waals surface area contributed by atoms with E-state index in [2.05, 4.69) is 17.2 Å². The Bertz CT molecular complexity index is 443. The van der Waals surface area contributed by atoms with Gasteiger partial charge in [0.05, 0.1) is 5.69 Å². The summed E-state index contributed by atoms with van der Waals surface area (Å²) in [5.74, 6) is 0. The Morgan fingerprint density at radius 3 is 2.93 bits per heavy atom. The second kappa shape index (κ2) is 3.42. The van der Waals surface area contributed by atoms with Crippen molar-refractivity contribution in [1.82, 2.24) is 9.38 Å². The summed E-state index contributed by atoms with van der Waals surface area (Å²) in [7, 11) is 0. The molecule has 2 N–H and O–H groups in total. The molecule has 0 bridgehead atoms. The quantitative estimate of drug-likeness (QED) is 0.778. The number of nitrogens with two attached hydrogens (primary N) is 1. The van der Waals surface area contributed by atoms with Crippen LogP contribution in [0.1, 0.15) is 18.2 Å². The molecular formula is C11H15N3. The first kappa shape index (κ1) is 9.21. The maximum Gasteiger partial charge on any atom is 0.136 e. The summed E-state index contributed by atoms with van der Waals surface area (Å²) in [4.78, 5) is 4.37. The van der Waals surface area contributed by atoms with Crippen molar-refractivity contribution in [3.05, 3.63) is 35.8 Å². The summed E-state index contributed by atoms with van der Waals surface area (Å²) < 4.78 is 2.05.